The maximum atomic E-state index is 12.9. The van der Waals surface area contributed by atoms with E-state index in [2.05, 4.69) is 0 Å². The predicted octanol–water partition coefficient (Wildman–Crippen LogP) is 1.88. The molecule has 1 aromatic heterocycles. The Morgan fingerprint density at radius 2 is 1.84 bits per heavy atom. The summed E-state index contributed by atoms with van der Waals surface area (Å²) in [4.78, 5) is 30.5. The number of fused-ring (bicyclic) bond motifs is 6. The highest BCUT2D eigenvalue weighted by atomic mass is 16.6. The molecule has 3 heterocycles. The molecule has 0 N–H and O–H groups in total. The largest absolute Gasteiger partial charge is 0.369 e. The number of aromatic nitrogens is 2. The molecule has 0 amide bonds. The Hall–Kier alpha value is -1.69. The van der Waals surface area contributed by atoms with Crippen molar-refractivity contribution < 1.29 is 4.74 Å². The zero-order valence-electron chi connectivity index (χ0n) is 14.9. The highest BCUT2D eigenvalue weighted by Crippen LogP contribution is 2.59. The normalized spacial score (nSPS) is 34.2. The van der Waals surface area contributed by atoms with Gasteiger partial charge in [-0.25, -0.2) is 9.79 Å². The van der Waals surface area contributed by atoms with Crippen LogP contribution < -0.4 is 11.2 Å². The van der Waals surface area contributed by atoms with E-state index in [1.807, 2.05) is 13.8 Å². The average Bonchev–Trinajstić information content (AvgIpc) is 2.99. The molecule has 0 unspecified atom stereocenters. The molecule has 2 bridgehead atoms. The van der Waals surface area contributed by atoms with Crippen molar-refractivity contribution in [1.29, 1.82) is 0 Å². The Balaban J connectivity index is 1.56. The lowest BCUT2D eigenvalue weighted by Gasteiger charge is -2.18. The first-order valence-electron chi connectivity index (χ1n) is 9.73. The fraction of sp³-hybridized carbons (Fsp3) is 0.737. The molecular weight excluding hydrogens is 318 g/mol. The lowest BCUT2D eigenvalue weighted by Crippen LogP contribution is -2.41. The van der Waals surface area contributed by atoms with Gasteiger partial charge in [-0.2, -0.15) is 0 Å². The number of aliphatic imine (C=N–C) groups is 1. The number of hydrogen-bond donors (Lipinski definition) is 0. The van der Waals surface area contributed by atoms with E-state index in [-0.39, 0.29) is 11.2 Å². The Morgan fingerprint density at radius 3 is 2.52 bits per heavy atom. The molecule has 3 fully saturated rings. The van der Waals surface area contributed by atoms with E-state index >= 15 is 0 Å². The fourth-order valence-electron chi connectivity index (χ4n) is 5.43. The number of hydrogen-bond acceptors (Lipinski definition) is 4. The summed E-state index contributed by atoms with van der Waals surface area (Å²) in [5.41, 5.74) is 1.52. The summed E-state index contributed by atoms with van der Waals surface area (Å²) in [6.07, 6.45) is 5.58. The molecule has 0 aromatic carbocycles. The molecule has 2 aliphatic carbocycles. The smallest absolute Gasteiger partial charge is 0.332 e. The van der Waals surface area contributed by atoms with E-state index < -0.39 is 0 Å². The van der Waals surface area contributed by atoms with Crippen LogP contribution in [-0.4, -0.2) is 27.1 Å². The summed E-state index contributed by atoms with van der Waals surface area (Å²) < 4.78 is 8.92. The maximum Gasteiger partial charge on any atom is 0.332 e. The van der Waals surface area contributed by atoms with Crippen LogP contribution in [0.25, 0.3) is 0 Å². The van der Waals surface area contributed by atoms with Crippen LogP contribution >= 0.6 is 0 Å². The zero-order chi connectivity index (χ0) is 17.3. The maximum absolute atomic E-state index is 12.9. The highest BCUT2D eigenvalue weighted by Gasteiger charge is 2.64. The van der Waals surface area contributed by atoms with Crippen LogP contribution in [0, 0.1) is 17.8 Å². The van der Waals surface area contributed by atoms with Crippen molar-refractivity contribution in [2.75, 3.05) is 0 Å². The van der Waals surface area contributed by atoms with E-state index in [1.165, 1.54) is 11.0 Å². The fourth-order valence-corrected chi connectivity index (χ4v) is 5.43. The van der Waals surface area contributed by atoms with Crippen molar-refractivity contribution in [3.63, 3.8) is 0 Å². The van der Waals surface area contributed by atoms with Crippen LogP contribution in [0.2, 0.25) is 0 Å². The lowest BCUT2D eigenvalue weighted by atomic mass is 9.84. The molecule has 0 spiro atoms. The highest BCUT2D eigenvalue weighted by molar-refractivity contribution is 5.95. The summed E-state index contributed by atoms with van der Waals surface area (Å²) in [6, 6.07) is 0. The summed E-state index contributed by atoms with van der Waals surface area (Å²) in [7, 11) is 0. The number of ether oxygens (including phenoxy) is 1. The SMILES string of the molecule is CCCn1c2c(c(=O)n(CCC)c1=O)CC([C@H]1C[C@@H]3C[C@H]1[C@H]1O[C@@H]31)=N2. The third kappa shape index (κ3) is 2.09. The van der Waals surface area contributed by atoms with Gasteiger partial charge in [-0.3, -0.25) is 13.9 Å². The minimum atomic E-state index is -0.198. The van der Waals surface area contributed by atoms with Crippen molar-refractivity contribution in [2.45, 2.75) is 71.2 Å². The van der Waals surface area contributed by atoms with E-state index in [9.17, 15) is 9.59 Å². The second-order valence-electron chi connectivity index (χ2n) is 8.04. The van der Waals surface area contributed by atoms with Gasteiger partial charge in [0.15, 0.2) is 0 Å². The van der Waals surface area contributed by atoms with Crippen LogP contribution in [0.1, 0.15) is 45.1 Å². The van der Waals surface area contributed by atoms with E-state index in [1.54, 1.807) is 4.57 Å². The molecule has 4 aliphatic rings. The molecule has 2 aliphatic heterocycles. The molecule has 5 atom stereocenters. The van der Waals surface area contributed by atoms with Crippen LogP contribution in [0.4, 0.5) is 5.82 Å². The van der Waals surface area contributed by atoms with Crippen LogP contribution in [-0.2, 0) is 24.2 Å². The van der Waals surface area contributed by atoms with Gasteiger partial charge in [0, 0.05) is 31.1 Å². The van der Waals surface area contributed by atoms with Crippen LogP contribution in [0.5, 0.6) is 0 Å². The van der Waals surface area contributed by atoms with Gasteiger partial charge in [0.05, 0.1) is 17.8 Å². The monoisotopic (exact) mass is 343 g/mol. The molecule has 6 heteroatoms. The number of epoxide rings is 1. The molecule has 0 radical (unpaired) electrons. The molecule has 134 valence electrons. The van der Waals surface area contributed by atoms with Gasteiger partial charge < -0.3 is 4.74 Å². The molecule has 6 nitrogen and oxygen atoms in total. The topological polar surface area (TPSA) is 68.9 Å². The predicted molar refractivity (Wildman–Crippen MR) is 94.7 cm³/mol. The number of rotatable bonds is 5. The number of nitrogens with zero attached hydrogens (tertiary/aromatic N) is 3. The van der Waals surface area contributed by atoms with Gasteiger partial charge in [-0.05, 0) is 37.5 Å². The van der Waals surface area contributed by atoms with Crippen molar-refractivity contribution in [2.24, 2.45) is 22.7 Å². The van der Waals surface area contributed by atoms with Gasteiger partial charge in [-0.1, -0.05) is 13.8 Å². The van der Waals surface area contributed by atoms with E-state index in [0.717, 1.165) is 30.5 Å². The summed E-state index contributed by atoms with van der Waals surface area (Å²) in [5, 5.41) is 0. The second-order valence-corrected chi connectivity index (χ2v) is 8.04. The standard InChI is InChI=1S/C19H25N3O3/c1-3-5-21-17-13(18(23)22(6-4-2)19(21)24)9-14(20-17)11-7-10-8-12(11)16-15(10)25-16/h10-12,15-16H,3-9H2,1-2H3/t10-,11+,12-,15+,16-/m1/s1. The molecule has 1 aromatic rings. The van der Waals surface area contributed by atoms with Gasteiger partial charge in [0.25, 0.3) is 5.56 Å². The minimum Gasteiger partial charge on any atom is -0.369 e. The van der Waals surface area contributed by atoms with Gasteiger partial charge >= 0.3 is 5.69 Å². The first-order valence-corrected chi connectivity index (χ1v) is 9.73. The van der Waals surface area contributed by atoms with Crippen LogP contribution in [0.15, 0.2) is 14.6 Å². The van der Waals surface area contributed by atoms with Crippen molar-refractivity contribution in [3.8, 4) is 0 Å². The quantitative estimate of drug-likeness (QED) is 0.767. The Morgan fingerprint density at radius 1 is 1.08 bits per heavy atom. The Kier molecular flexibility index (Phi) is 3.36. The Bertz CT molecular complexity index is 881. The van der Waals surface area contributed by atoms with Gasteiger partial charge in [-0.15, -0.1) is 0 Å². The molecular formula is C19H25N3O3. The van der Waals surface area contributed by atoms with Crippen LogP contribution in [0.3, 0.4) is 0 Å². The first-order chi connectivity index (χ1) is 12.1. The van der Waals surface area contributed by atoms with E-state index in [4.69, 9.17) is 9.73 Å². The van der Waals surface area contributed by atoms with Crippen molar-refractivity contribution in [3.05, 3.63) is 26.4 Å². The van der Waals surface area contributed by atoms with Gasteiger partial charge in [0.1, 0.15) is 5.82 Å². The Labute approximate surface area is 146 Å². The van der Waals surface area contributed by atoms with Crippen molar-refractivity contribution in [1.82, 2.24) is 9.13 Å². The third-order valence-electron chi connectivity index (χ3n) is 6.52. The molecule has 1 saturated heterocycles. The molecule has 2 saturated carbocycles. The second kappa shape index (κ2) is 5.40. The minimum absolute atomic E-state index is 0.128. The molecule has 25 heavy (non-hydrogen) atoms. The zero-order valence-corrected chi connectivity index (χ0v) is 14.9. The van der Waals surface area contributed by atoms with Crippen molar-refractivity contribution >= 4 is 11.5 Å². The molecule has 5 rings (SSSR count). The third-order valence-corrected chi connectivity index (χ3v) is 6.52. The summed E-state index contributed by atoms with van der Waals surface area (Å²) in [5.74, 6) is 2.33. The van der Waals surface area contributed by atoms with Gasteiger partial charge in [0.2, 0.25) is 0 Å². The lowest BCUT2D eigenvalue weighted by molar-refractivity contribution is 0.260. The van der Waals surface area contributed by atoms with E-state index in [0.29, 0.717) is 55.3 Å². The summed E-state index contributed by atoms with van der Waals surface area (Å²) in [6.45, 7) is 5.14. The summed E-state index contributed by atoms with van der Waals surface area (Å²) >= 11 is 0. The average molecular weight is 343 g/mol. The first kappa shape index (κ1) is 15.6.